The molecule has 0 saturated heterocycles. The van der Waals surface area contributed by atoms with Crippen LogP contribution in [0, 0.1) is 64.1 Å². The van der Waals surface area contributed by atoms with Crippen molar-refractivity contribution in [1.82, 2.24) is 0 Å². The van der Waals surface area contributed by atoms with Crippen LogP contribution in [0.25, 0.3) is 0 Å². The second-order valence-electron chi connectivity index (χ2n) is 8.48. The van der Waals surface area contributed by atoms with Gasteiger partial charge in [0.05, 0.1) is 6.42 Å². The van der Waals surface area contributed by atoms with Crippen LogP contribution >= 0.6 is 0 Å². The summed E-state index contributed by atoms with van der Waals surface area (Å²) in [4.78, 5) is 36.0. The summed E-state index contributed by atoms with van der Waals surface area (Å²) in [7, 11) is 0. The minimum Gasteiger partial charge on any atom is -0.481 e. The van der Waals surface area contributed by atoms with Crippen molar-refractivity contribution >= 4 is 17.9 Å². The van der Waals surface area contributed by atoms with Gasteiger partial charge in [-0.1, -0.05) is 0 Å². The standard InChI is InChI=1S/C16H16O6/c17-5(18)2-15-10-4-1-3-6-7(4)11(15)9(6)12(8(3)10)16(15,13(19)20)14(21)22/h3-4,6-12H,1-2H2,(H,17,18)(H,19,20)(H,21,22)/t3-,4+,6?,7?,8?,9?,10?,11?,12?,15+/m1/s1. The Morgan fingerprint density at radius 2 is 1.50 bits per heavy atom. The maximum absolute atomic E-state index is 12.2. The van der Waals surface area contributed by atoms with Crippen molar-refractivity contribution in [3.8, 4) is 0 Å². The SMILES string of the molecule is O=C(O)C[C@]12C3C4C5C3[C@@H]3C[C@H]5C(C4C1(C(=O)O)C(=O)O)C32. The molecule has 0 amide bonds. The minimum atomic E-state index is -1.85. The molecule has 6 nitrogen and oxygen atoms in total. The number of carbonyl (C=O) groups is 3. The number of aliphatic carboxylic acids is 3. The second kappa shape index (κ2) is 2.81. The maximum atomic E-state index is 12.2. The van der Waals surface area contributed by atoms with Gasteiger partial charge in [0.1, 0.15) is 0 Å². The van der Waals surface area contributed by atoms with E-state index in [1.165, 1.54) is 0 Å². The average Bonchev–Trinajstić information content (AvgIpc) is 2.97. The summed E-state index contributed by atoms with van der Waals surface area (Å²) in [5.74, 6) is -1.78. The molecule has 6 heteroatoms. The zero-order valence-corrected chi connectivity index (χ0v) is 11.7. The lowest BCUT2D eigenvalue weighted by atomic mass is 9.55. The average molecular weight is 304 g/mol. The van der Waals surface area contributed by atoms with Crippen molar-refractivity contribution in [3.05, 3.63) is 0 Å². The first kappa shape index (κ1) is 11.9. The number of hydrogen-bond acceptors (Lipinski definition) is 3. The lowest BCUT2D eigenvalue weighted by Crippen LogP contribution is -2.53. The predicted molar refractivity (Wildman–Crippen MR) is 68.4 cm³/mol. The van der Waals surface area contributed by atoms with E-state index in [9.17, 15) is 29.7 Å². The Labute approximate surface area is 125 Å². The summed E-state index contributed by atoms with van der Waals surface area (Å²) >= 11 is 0. The Hall–Kier alpha value is -1.59. The second-order valence-corrected chi connectivity index (χ2v) is 8.48. The van der Waals surface area contributed by atoms with E-state index in [1.807, 2.05) is 0 Å². The first-order valence-corrected chi connectivity index (χ1v) is 8.09. The summed E-state index contributed by atoms with van der Waals surface area (Å²) in [6, 6.07) is 0. The van der Waals surface area contributed by atoms with Gasteiger partial charge >= 0.3 is 17.9 Å². The largest absolute Gasteiger partial charge is 0.481 e. The van der Waals surface area contributed by atoms with Crippen LogP contribution in [0.1, 0.15) is 12.8 Å². The van der Waals surface area contributed by atoms with Gasteiger partial charge in [0.15, 0.2) is 5.41 Å². The Bertz CT molecular complexity index is 685. The highest BCUT2D eigenvalue weighted by atomic mass is 16.4. The molecule has 7 aliphatic rings. The normalized spacial score (nSPS) is 61.9. The van der Waals surface area contributed by atoms with Crippen LogP contribution in [0.3, 0.4) is 0 Å². The van der Waals surface area contributed by atoms with Crippen LogP contribution in [0.2, 0.25) is 0 Å². The molecule has 0 aromatic carbocycles. The number of carboxylic acids is 3. The van der Waals surface area contributed by atoms with E-state index in [0.717, 1.165) is 6.42 Å². The Morgan fingerprint density at radius 1 is 0.818 bits per heavy atom. The lowest BCUT2D eigenvalue weighted by molar-refractivity contribution is -0.178. The van der Waals surface area contributed by atoms with Gasteiger partial charge in [-0.2, -0.15) is 0 Å². The molecule has 4 bridgehead atoms. The van der Waals surface area contributed by atoms with Crippen molar-refractivity contribution in [2.24, 2.45) is 64.1 Å². The Morgan fingerprint density at radius 3 is 2.09 bits per heavy atom. The van der Waals surface area contributed by atoms with Gasteiger partial charge in [-0.05, 0) is 59.7 Å². The minimum absolute atomic E-state index is 0.0239. The molecule has 7 fully saturated rings. The van der Waals surface area contributed by atoms with Gasteiger partial charge in [0, 0.05) is 5.41 Å². The molecule has 7 saturated carbocycles. The fraction of sp³-hybridized carbons (Fsp3) is 0.812. The monoisotopic (exact) mass is 304 g/mol. The smallest absolute Gasteiger partial charge is 0.321 e. The molecule has 7 rings (SSSR count). The van der Waals surface area contributed by atoms with E-state index in [2.05, 4.69) is 0 Å². The summed E-state index contributed by atoms with van der Waals surface area (Å²) in [5.41, 5.74) is -2.89. The van der Waals surface area contributed by atoms with Crippen molar-refractivity contribution in [3.63, 3.8) is 0 Å². The number of rotatable bonds is 4. The first-order valence-electron chi connectivity index (χ1n) is 8.09. The molecular weight excluding hydrogens is 288 g/mol. The maximum Gasteiger partial charge on any atom is 0.321 e. The predicted octanol–water partition coefficient (Wildman–Crippen LogP) is 0.621. The third-order valence-electron chi connectivity index (χ3n) is 8.99. The van der Waals surface area contributed by atoms with Gasteiger partial charge < -0.3 is 15.3 Å². The topological polar surface area (TPSA) is 112 Å². The van der Waals surface area contributed by atoms with Crippen LogP contribution in [0.4, 0.5) is 0 Å². The summed E-state index contributed by atoms with van der Waals surface area (Å²) in [6.45, 7) is 0. The molecule has 7 aliphatic carbocycles. The summed E-state index contributed by atoms with van der Waals surface area (Å²) in [6.07, 6.45) is 0.807. The zero-order valence-electron chi connectivity index (χ0n) is 11.7. The van der Waals surface area contributed by atoms with Crippen LogP contribution in [0.15, 0.2) is 0 Å². The number of hydrogen-bond donors (Lipinski definition) is 3. The van der Waals surface area contributed by atoms with E-state index in [0.29, 0.717) is 23.7 Å². The summed E-state index contributed by atoms with van der Waals surface area (Å²) in [5, 5.41) is 29.4. The van der Waals surface area contributed by atoms with E-state index in [-0.39, 0.29) is 36.0 Å². The molecule has 10 atom stereocenters. The van der Waals surface area contributed by atoms with E-state index < -0.39 is 28.7 Å². The molecule has 0 spiro atoms. The fourth-order valence-electron chi connectivity index (χ4n) is 9.61. The highest BCUT2D eigenvalue weighted by Gasteiger charge is 3.00. The quantitative estimate of drug-likeness (QED) is 0.656. The molecule has 3 N–H and O–H groups in total. The van der Waals surface area contributed by atoms with Crippen molar-refractivity contribution < 1.29 is 29.7 Å². The Balaban J connectivity index is 1.70. The van der Waals surface area contributed by atoms with Gasteiger partial charge in [-0.25, -0.2) is 0 Å². The molecule has 116 valence electrons. The van der Waals surface area contributed by atoms with Crippen molar-refractivity contribution in [1.29, 1.82) is 0 Å². The van der Waals surface area contributed by atoms with E-state index in [4.69, 9.17) is 0 Å². The highest BCUT2D eigenvalue weighted by Crippen LogP contribution is 2.98. The highest BCUT2D eigenvalue weighted by molar-refractivity contribution is 6.02. The molecule has 0 heterocycles. The van der Waals surface area contributed by atoms with Crippen molar-refractivity contribution in [2.45, 2.75) is 12.8 Å². The molecule has 0 aromatic rings. The first-order chi connectivity index (χ1) is 10.4. The van der Waals surface area contributed by atoms with Crippen LogP contribution in [0.5, 0.6) is 0 Å². The van der Waals surface area contributed by atoms with Crippen LogP contribution < -0.4 is 0 Å². The fourth-order valence-corrected chi connectivity index (χ4v) is 9.61. The molecular formula is C16H16O6. The van der Waals surface area contributed by atoms with Crippen molar-refractivity contribution in [2.75, 3.05) is 0 Å². The summed E-state index contributed by atoms with van der Waals surface area (Å²) < 4.78 is 0. The molecule has 22 heavy (non-hydrogen) atoms. The third-order valence-corrected chi connectivity index (χ3v) is 8.99. The number of carboxylic acid groups (broad SMARTS) is 3. The van der Waals surface area contributed by atoms with Gasteiger partial charge in [-0.15, -0.1) is 0 Å². The Kier molecular flexibility index (Phi) is 1.52. The third kappa shape index (κ3) is 0.683. The van der Waals surface area contributed by atoms with Gasteiger partial charge in [-0.3, -0.25) is 14.4 Å². The molecule has 0 radical (unpaired) electrons. The molecule has 0 aromatic heterocycles. The van der Waals surface area contributed by atoms with Gasteiger partial charge in [0.2, 0.25) is 0 Å². The van der Waals surface area contributed by atoms with E-state index >= 15 is 0 Å². The molecule has 7 unspecified atom stereocenters. The van der Waals surface area contributed by atoms with Crippen LogP contribution in [-0.2, 0) is 14.4 Å². The van der Waals surface area contributed by atoms with E-state index in [1.54, 1.807) is 0 Å². The lowest BCUT2D eigenvalue weighted by Gasteiger charge is -2.48. The van der Waals surface area contributed by atoms with Crippen LogP contribution in [-0.4, -0.2) is 33.2 Å². The van der Waals surface area contributed by atoms with Gasteiger partial charge in [0.25, 0.3) is 0 Å². The zero-order chi connectivity index (χ0) is 15.3. The molecule has 0 aliphatic heterocycles.